The summed E-state index contributed by atoms with van der Waals surface area (Å²) in [6.07, 6.45) is 8.53. The predicted molar refractivity (Wildman–Crippen MR) is 173 cm³/mol. The van der Waals surface area contributed by atoms with Gasteiger partial charge in [0, 0.05) is 11.1 Å². The molecule has 0 radical (unpaired) electrons. The number of carbonyl (C=O) groups excluding carboxylic acids is 2. The van der Waals surface area contributed by atoms with E-state index in [2.05, 4.69) is 13.2 Å². The van der Waals surface area contributed by atoms with Crippen LogP contribution in [0.2, 0.25) is 0 Å². The Morgan fingerprint density at radius 2 is 1.10 bits per heavy atom. The van der Waals surface area contributed by atoms with Crippen molar-refractivity contribution >= 4 is 12.8 Å². The summed E-state index contributed by atoms with van der Waals surface area (Å²) in [5.41, 5.74) is 5.45. The third kappa shape index (κ3) is 13.0. The first-order chi connectivity index (χ1) is 20.2. The van der Waals surface area contributed by atoms with Gasteiger partial charge in [-0.1, -0.05) is 60.7 Å². The minimum Gasteiger partial charge on any atom is -0.497 e. The van der Waals surface area contributed by atoms with Gasteiger partial charge in [-0.25, -0.2) is 0 Å². The molecule has 0 bridgehead atoms. The molecule has 3 aromatic rings. The molecule has 0 saturated carbocycles. The Bertz CT molecular complexity index is 1330. The van der Waals surface area contributed by atoms with E-state index in [4.69, 9.17) is 18.9 Å². The van der Waals surface area contributed by atoms with E-state index >= 15 is 0 Å². The average molecular weight is 571 g/mol. The fourth-order valence-electron chi connectivity index (χ4n) is 3.26. The summed E-state index contributed by atoms with van der Waals surface area (Å²) >= 11 is 0. The van der Waals surface area contributed by atoms with Gasteiger partial charge in [0.2, 0.25) is 0 Å². The van der Waals surface area contributed by atoms with Crippen LogP contribution >= 0.6 is 0 Å². The molecule has 0 aromatic heterocycles. The van der Waals surface area contributed by atoms with Crippen molar-refractivity contribution in [1.29, 1.82) is 0 Å². The van der Waals surface area contributed by atoms with Crippen molar-refractivity contribution in [3.8, 4) is 45.3 Å². The van der Waals surface area contributed by atoms with Crippen LogP contribution in [0.25, 0.3) is 22.3 Å². The Morgan fingerprint density at radius 1 is 0.714 bits per heavy atom. The molecule has 0 spiro atoms. The first-order valence-corrected chi connectivity index (χ1v) is 13.4. The van der Waals surface area contributed by atoms with E-state index in [1.807, 2.05) is 101 Å². The maximum Gasteiger partial charge on any atom is 0.298 e. The Hall–Kier alpha value is -4.84. The van der Waals surface area contributed by atoms with Crippen molar-refractivity contribution in [2.75, 3.05) is 20.3 Å². The molecule has 222 valence electrons. The largest absolute Gasteiger partial charge is 0.497 e. The van der Waals surface area contributed by atoms with Gasteiger partial charge in [0.05, 0.1) is 7.11 Å². The van der Waals surface area contributed by atoms with E-state index in [1.165, 1.54) is 5.57 Å². The van der Waals surface area contributed by atoms with E-state index in [9.17, 15) is 9.59 Å². The normalized spacial score (nSPS) is 10.0. The zero-order valence-corrected chi connectivity index (χ0v) is 25.5. The SMILES string of the molecule is C/C=C/COc1cc(-c2ccc(OC=O)cc2)c(OC/C=C/C)cc1-c1ccc(OC)cc1.C=C(C)C.C=C(C)C=O. The van der Waals surface area contributed by atoms with Crippen molar-refractivity contribution in [2.45, 2.75) is 34.6 Å². The van der Waals surface area contributed by atoms with Crippen molar-refractivity contribution in [3.63, 3.8) is 0 Å². The van der Waals surface area contributed by atoms with E-state index in [1.54, 1.807) is 26.2 Å². The summed E-state index contributed by atoms with van der Waals surface area (Å²) in [5, 5.41) is 0. The number of allylic oxidation sites excluding steroid dienone is 4. The first-order valence-electron chi connectivity index (χ1n) is 13.4. The van der Waals surface area contributed by atoms with Gasteiger partial charge in [0.1, 0.15) is 42.5 Å². The standard InChI is InChI=1S/C28H28O5.C4H6O.C4H8/c1-4-6-16-31-27-19-26(22-10-14-24(15-11-22)33-20-29)28(32-17-7-5-2)18-25(27)21-8-12-23(30-3)13-9-21;1-4(2)3-5;1-4(2)3/h4-15,18-20H,16-17H2,1-3H3;3H,1H2,2H3;1H2,2-3H3/b6-4+,7-5+;;. The molecule has 3 aromatic carbocycles. The lowest BCUT2D eigenvalue weighted by Crippen LogP contribution is -2.00. The lowest BCUT2D eigenvalue weighted by Gasteiger charge is -2.18. The van der Waals surface area contributed by atoms with Crippen LogP contribution in [0, 0.1) is 0 Å². The van der Waals surface area contributed by atoms with Gasteiger partial charge in [0.15, 0.2) is 0 Å². The maximum atomic E-state index is 10.6. The highest BCUT2D eigenvalue weighted by molar-refractivity contribution is 5.81. The summed E-state index contributed by atoms with van der Waals surface area (Å²) < 4.78 is 22.5. The maximum absolute atomic E-state index is 10.6. The Morgan fingerprint density at radius 3 is 1.40 bits per heavy atom. The molecule has 0 unspecified atom stereocenters. The smallest absolute Gasteiger partial charge is 0.298 e. The highest BCUT2D eigenvalue weighted by Crippen LogP contribution is 2.41. The molecule has 6 nitrogen and oxygen atoms in total. The van der Waals surface area contributed by atoms with Gasteiger partial charge in [0.25, 0.3) is 6.47 Å². The van der Waals surface area contributed by atoms with Crippen LogP contribution < -0.4 is 18.9 Å². The van der Waals surface area contributed by atoms with Gasteiger partial charge in [-0.3, -0.25) is 9.59 Å². The number of carbonyl (C=O) groups is 2. The molecule has 0 heterocycles. The Balaban J connectivity index is 0.000000856. The molecule has 0 aliphatic rings. The van der Waals surface area contributed by atoms with Crippen LogP contribution in [0.4, 0.5) is 0 Å². The summed E-state index contributed by atoms with van der Waals surface area (Å²) in [6.45, 7) is 17.7. The molecule has 3 rings (SSSR count). The van der Waals surface area contributed by atoms with Gasteiger partial charge in [-0.2, -0.15) is 0 Å². The number of methoxy groups -OCH3 is 1. The van der Waals surface area contributed by atoms with E-state index in [-0.39, 0.29) is 0 Å². The van der Waals surface area contributed by atoms with Gasteiger partial charge in [-0.15, -0.1) is 6.58 Å². The molecule has 42 heavy (non-hydrogen) atoms. The first kappa shape index (κ1) is 35.2. The summed E-state index contributed by atoms with van der Waals surface area (Å²) in [6, 6.07) is 19.1. The zero-order chi connectivity index (χ0) is 31.3. The molecule has 0 amide bonds. The summed E-state index contributed by atoms with van der Waals surface area (Å²) in [7, 11) is 1.65. The lowest BCUT2D eigenvalue weighted by atomic mass is 9.97. The average Bonchev–Trinajstić information content (AvgIpc) is 2.98. The molecular formula is C36H42O6. The molecule has 0 N–H and O–H groups in total. The second-order valence-electron chi connectivity index (χ2n) is 9.24. The van der Waals surface area contributed by atoms with Crippen molar-refractivity contribution in [3.05, 3.63) is 109 Å². The molecule has 0 aliphatic carbocycles. The number of ether oxygens (including phenoxy) is 4. The molecule has 0 atom stereocenters. The highest BCUT2D eigenvalue weighted by atomic mass is 16.5. The van der Waals surface area contributed by atoms with Gasteiger partial charge < -0.3 is 18.9 Å². The Kier molecular flexibility index (Phi) is 16.8. The van der Waals surface area contributed by atoms with Crippen LogP contribution in [0.1, 0.15) is 34.6 Å². The highest BCUT2D eigenvalue weighted by Gasteiger charge is 2.16. The number of rotatable bonds is 12. The third-order valence-corrected chi connectivity index (χ3v) is 5.18. The monoisotopic (exact) mass is 570 g/mol. The van der Waals surface area contributed by atoms with Crippen LogP contribution in [0.3, 0.4) is 0 Å². The topological polar surface area (TPSA) is 71.1 Å². The second kappa shape index (κ2) is 20.1. The predicted octanol–water partition coefficient (Wildman–Crippen LogP) is 8.82. The minimum absolute atomic E-state index is 0.414. The van der Waals surface area contributed by atoms with Crippen molar-refractivity contribution in [1.82, 2.24) is 0 Å². The van der Waals surface area contributed by atoms with Crippen molar-refractivity contribution in [2.24, 2.45) is 0 Å². The van der Waals surface area contributed by atoms with Crippen LogP contribution in [-0.4, -0.2) is 33.1 Å². The summed E-state index contributed by atoms with van der Waals surface area (Å²) in [5.74, 6) is 2.72. The van der Waals surface area contributed by atoms with Crippen LogP contribution in [0.15, 0.2) is 109 Å². The van der Waals surface area contributed by atoms with Crippen LogP contribution in [0.5, 0.6) is 23.0 Å². The van der Waals surface area contributed by atoms with E-state index < -0.39 is 0 Å². The number of benzene rings is 3. The van der Waals surface area contributed by atoms with Gasteiger partial charge in [-0.05, 0) is 87.7 Å². The molecule has 0 aliphatic heterocycles. The third-order valence-electron chi connectivity index (χ3n) is 5.18. The van der Waals surface area contributed by atoms with E-state index in [0.29, 0.717) is 31.0 Å². The van der Waals surface area contributed by atoms with Gasteiger partial charge >= 0.3 is 0 Å². The minimum atomic E-state index is 0.414. The molecule has 0 fully saturated rings. The number of hydrogen-bond donors (Lipinski definition) is 0. The number of hydrogen-bond acceptors (Lipinski definition) is 6. The molecule has 0 saturated heterocycles. The van der Waals surface area contributed by atoms with E-state index in [0.717, 1.165) is 45.8 Å². The quantitative estimate of drug-likeness (QED) is 0.123. The zero-order valence-electron chi connectivity index (χ0n) is 25.5. The fourth-order valence-corrected chi connectivity index (χ4v) is 3.26. The molecular weight excluding hydrogens is 528 g/mol. The van der Waals surface area contributed by atoms with Crippen molar-refractivity contribution < 1.29 is 28.5 Å². The van der Waals surface area contributed by atoms with Crippen LogP contribution in [-0.2, 0) is 9.59 Å². The lowest BCUT2D eigenvalue weighted by molar-refractivity contribution is -0.120. The Labute approximate surface area is 250 Å². The number of aldehydes is 1. The summed E-state index contributed by atoms with van der Waals surface area (Å²) in [4.78, 5) is 20.0. The fraction of sp³-hybridized carbons (Fsp3) is 0.222. The molecule has 6 heteroatoms. The second-order valence-corrected chi connectivity index (χ2v) is 9.24.